The van der Waals surface area contributed by atoms with E-state index >= 15 is 35.1 Å². The summed E-state index contributed by atoms with van der Waals surface area (Å²) < 4.78 is 299. The van der Waals surface area contributed by atoms with Gasteiger partial charge in [-0.1, -0.05) is 12.1 Å². The van der Waals surface area contributed by atoms with E-state index in [2.05, 4.69) is 4.98 Å². The molecule has 0 unspecified atom stereocenters. The summed E-state index contributed by atoms with van der Waals surface area (Å²) in [5.41, 5.74) is -12.4. The van der Waals surface area contributed by atoms with E-state index in [1.807, 2.05) is 24.3 Å². The molecule has 0 radical (unpaired) electrons. The highest BCUT2D eigenvalue weighted by atomic mass is 19.2. The molecule has 0 aliphatic heterocycles. The third kappa shape index (κ3) is 5.49. The molecule has 0 bridgehead atoms. The van der Waals surface area contributed by atoms with Crippen LogP contribution < -0.4 is 26.8 Å². The first kappa shape index (κ1) is 39.4. The monoisotopic (exact) mass is 799 g/mol. The first-order chi connectivity index (χ1) is 25.2. The van der Waals surface area contributed by atoms with E-state index in [0.717, 1.165) is 11.1 Å². The summed E-state index contributed by atoms with van der Waals surface area (Å²) in [4.78, 5) is 2.95. The van der Waals surface area contributed by atoms with Crippen molar-refractivity contribution in [2.75, 3.05) is 0 Å². The Kier molecular flexibility index (Phi) is 10.2. The number of para-hydroxylation sites is 2. The first-order valence-corrected chi connectivity index (χ1v) is 13.7. The fourth-order valence-electron chi connectivity index (χ4n) is 5.72. The average molecular weight is 799 g/mol. The number of benzene rings is 5. The second-order valence-electron chi connectivity index (χ2n) is 10.7. The molecule has 6 rings (SSSR count). The van der Waals surface area contributed by atoms with Gasteiger partial charge in [0.25, 0.3) is 0 Å². The summed E-state index contributed by atoms with van der Waals surface area (Å²) in [7, 11) is 0. The van der Waals surface area contributed by atoms with Crippen molar-refractivity contribution in [2.24, 2.45) is 0 Å². The normalized spacial score (nSPS) is 11.7. The van der Waals surface area contributed by atoms with Crippen molar-refractivity contribution in [2.45, 2.75) is 0 Å². The minimum absolute atomic E-state index is 0.900. The summed E-state index contributed by atoms with van der Waals surface area (Å²) in [6.45, 7) is 0. The molecular formula is C31H6BF20NO. The Labute approximate surface area is 283 Å². The number of aromatic nitrogens is 1. The SMILES string of the molecule is Fc1c(F)c(F)c([B-](c2c(F)c(F)c(F)c(F)c2F)(c2c(F)c(F)c(F)c(F)c2F)c2c(F)c(F)c(F)c(F)c2F)c(F)c1F.c1ccc2oc[nH+]c2c1. The summed E-state index contributed by atoms with van der Waals surface area (Å²) in [6.07, 6.45) is -5.64. The maximum absolute atomic E-state index is 15.4. The van der Waals surface area contributed by atoms with Crippen LogP contribution in [0, 0.1) is 116 Å². The Bertz CT molecular complexity index is 2110. The summed E-state index contributed by atoms with van der Waals surface area (Å²) in [6, 6.07) is 7.80. The van der Waals surface area contributed by atoms with Crippen LogP contribution in [-0.4, -0.2) is 6.15 Å². The van der Waals surface area contributed by atoms with Gasteiger partial charge in [-0.3, -0.25) is 0 Å². The van der Waals surface area contributed by atoms with Crippen LogP contribution >= 0.6 is 0 Å². The summed E-state index contributed by atoms with van der Waals surface area (Å²) in [5, 5.41) is 0. The van der Waals surface area contributed by atoms with Crippen molar-refractivity contribution in [1.29, 1.82) is 0 Å². The molecule has 6 aromatic rings. The molecule has 1 heterocycles. The van der Waals surface area contributed by atoms with Crippen LogP contribution in [0.4, 0.5) is 87.8 Å². The van der Waals surface area contributed by atoms with Crippen molar-refractivity contribution < 1.29 is 97.2 Å². The standard InChI is InChI=1S/C24BF20.C7H5NO/c26-5-1(6(27)14(35)21(42)13(5)34)25(2-7(28)15(36)22(43)16(37)8(2)29,3-9(30)17(38)23(44)18(39)10(3)31)4-11(32)19(40)24(45)20(41)12(4)33;1-2-4-7-6(3-1)8-5-9-7/h;1-5H/q-1;/p+1. The van der Waals surface area contributed by atoms with Crippen LogP contribution in [0.3, 0.4) is 0 Å². The first-order valence-electron chi connectivity index (χ1n) is 13.7. The molecule has 2 nitrogen and oxygen atoms in total. The third-order valence-corrected chi connectivity index (χ3v) is 7.99. The van der Waals surface area contributed by atoms with Gasteiger partial charge in [-0.15, -0.1) is 21.9 Å². The van der Waals surface area contributed by atoms with E-state index in [0.29, 0.717) is 0 Å². The van der Waals surface area contributed by atoms with Crippen molar-refractivity contribution in [1.82, 2.24) is 0 Å². The van der Waals surface area contributed by atoms with Crippen LogP contribution in [0.2, 0.25) is 0 Å². The van der Waals surface area contributed by atoms with E-state index < -0.39 is 144 Å². The molecule has 0 saturated carbocycles. The number of nitrogens with one attached hydrogen (secondary N) is 1. The van der Waals surface area contributed by atoms with Crippen LogP contribution in [0.25, 0.3) is 11.1 Å². The Morgan fingerprint density at radius 2 is 0.537 bits per heavy atom. The van der Waals surface area contributed by atoms with Gasteiger partial charge in [0.15, 0.2) is 69.8 Å². The summed E-state index contributed by atoms with van der Waals surface area (Å²) in [5.74, 6) is -71.4. The molecule has 0 aliphatic carbocycles. The Hall–Kier alpha value is -5.77. The second-order valence-corrected chi connectivity index (χ2v) is 10.7. The Morgan fingerprint density at radius 3 is 0.778 bits per heavy atom. The van der Waals surface area contributed by atoms with Gasteiger partial charge in [0.05, 0.1) is 0 Å². The molecule has 284 valence electrons. The van der Waals surface area contributed by atoms with E-state index in [-0.39, 0.29) is 0 Å². The van der Waals surface area contributed by atoms with E-state index in [9.17, 15) is 52.7 Å². The van der Waals surface area contributed by atoms with Crippen molar-refractivity contribution in [3.05, 3.63) is 147 Å². The Balaban J connectivity index is 0.000000537. The van der Waals surface area contributed by atoms with Gasteiger partial charge in [0.2, 0.25) is 11.1 Å². The van der Waals surface area contributed by atoms with Crippen LogP contribution in [-0.2, 0) is 0 Å². The van der Waals surface area contributed by atoms with Gasteiger partial charge < -0.3 is 4.42 Å². The lowest BCUT2D eigenvalue weighted by Crippen LogP contribution is -2.81. The zero-order chi connectivity index (χ0) is 40.5. The molecule has 0 amide bonds. The maximum Gasteiger partial charge on any atom is 0.333 e. The molecular weight excluding hydrogens is 793 g/mol. The smallest absolute Gasteiger partial charge is 0.333 e. The third-order valence-electron chi connectivity index (χ3n) is 7.99. The van der Waals surface area contributed by atoms with E-state index in [1.54, 1.807) is 6.39 Å². The number of oxazole rings is 1. The number of rotatable bonds is 4. The quantitative estimate of drug-likeness (QED) is 0.0811. The predicted molar refractivity (Wildman–Crippen MR) is 142 cm³/mol. The minimum atomic E-state index is -7.22. The van der Waals surface area contributed by atoms with E-state index in [4.69, 9.17) is 4.42 Å². The molecule has 0 aliphatic rings. The topological polar surface area (TPSA) is 27.3 Å². The molecule has 0 fully saturated rings. The van der Waals surface area contributed by atoms with Crippen LogP contribution in [0.1, 0.15) is 0 Å². The average Bonchev–Trinajstić information content (AvgIpc) is 3.64. The van der Waals surface area contributed by atoms with Crippen molar-refractivity contribution in [3.63, 3.8) is 0 Å². The predicted octanol–water partition coefficient (Wildman–Crippen LogP) is 7.09. The number of halogens is 20. The highest BCUT2D eigenvalue weighted by Crippen LogP contribution is 2.30. The molecule has 5 aromatic carbocycles. The highest BCUT2D eigenvalue weighted by molar-refractivity contribution is 7.20. The Morgan fingerprint density at radius 1 is 0.315 bits per heavy atom. The summed E-state index contributed by atoms with van der Waals surface area (Å²) >= 11 is 0. The van der Waals surface area contributed by atoms with Gasteiger partial charge in [0, 0.05) is 6.07 Å². The minimum Gasteiger partial charge on any atom is -0.404 e. The van der Waals surface area contributed by atoms with Gasteiger partial charge in [-0.2, -0.15) is 4.98 Å². The lowest BCUT2D eigenvalue weighted by atomic mass is 9.12. The molecule has 23 heteroatoms. The fourth-order valence-corrected chi connectivity index (χ4v) is 5.72. The molecule has 0 spiro atoms. The van der Waals surface area contributed by atoms with Gasteiger partial charge >= 0.3 is 6.39 Å². The highest BCUT2D eigenvalue weighted by Gasteiger charge is 2.52. The second kappa shape index (κ2) is 13.9. The molecule has 1 N–H and O–H groups in total. The lowest BCUT2D eigenvalue weighted by molar-refractivity contribution is -0.354. The van der Waals surface area contributed by atoms with Crippen LogP contribution in [0.5, 0.6) is 0 Å². The molecule has 54 heavy (non-hydrogen) atoms. The molecule has 0 atom stereocenters. The zero-order valence-electron chi connectivity index (χ0n) is 24.9. The fraction of sp³-hybridized carbons (Fsp3) is 0. The number of hydrogen-bond donors (Lipinski definition) is 0. The largest absolute Gasteiger partial charge is 0.404 e. The van der Waals surface area contributed by atoms with Gasteiger partial charge in [-0.25, -0.2) is 87.8 Å². The van der Waals surface area contributed by atoms with E-state index in [1.165, 1.54) is 0 Å². The molecule has 0 saturated heterocycles. The number of fused-ring (bicyclic) bond motifs is 1. The maximum atomic E-state index is 15.4. The number of aromatic amines is 1. The number of hydrogen-bond acceptors (Lipinski definition) is 1. The zero-order valence-corrected chi connectivity index (χ0v) is 24.9. The lowest BCUT2D eigenvalue weighted by Gasteiger charge is -2.44. The molecule has 1 aromatic heterocycles. The van der Waals surface area contributed by atoms with Crippen LogP contribution in [0.15, 0.2) is 35.1 Å². The van der Waals surface area contributed by atoms with Crippen molar-refractivity contribution >= 4 is 39.1 Å². The number of H-pyrrole nitrogens is 1. The van der Waals surface area contributed by atoms with Crippen molar-refractivity contribution in [3.8, 4) is 0 Å². The van der Waals surface area contributed by atoms with Gasteiger partial charge in [-0.05, 0) is 6.07 Å². The van der Waals surface area contributed by atoms with Gasteiger partial charge in [0.1, 0.15) is 52.7 Å².